The van der Waals surface area contributed by atoms with Crippen molar-refractivity contribution in [2.24, 2.45) is 0 Å². The monoisotopic (exact) mass is 237 g/mol. The number of aryl methyl sites for hydroxylation is 1. The van der Waals surface area contributed by atoms with Gasteiger partial charge < -0.3 is 15.4 Å². The molecule has 0 unspecified atom stereocenters. The number of rotatable bonds is 4. The van der Waals surface area contributed by atoms with Gasteiger partial charge in [-0.05, 0) is 12.0 Å². The van der Waals surface area contributed by atoms with E-state index in [0.29, 0.717) is 41.9 Å². The second-order valence-corrected chi connectivity index (χ2v) is 3.54. The van der Waals surface area contributed by atoms with Crippen molar-refractivity contribution < 1.29 is 9.50 Å². The molecule has 0 aliphatic heterocycles. The number of halogens is 1. The summed E-state index contributed by atoms with van der Waals surface area (Å²) in [5.74, 6) is 0.317. The first kappa shape index (κ1) is 11.5. The Labute approximate surface area is 96.6 Å². The Balaban J connectivity index is 2.23. The Morgan fingerprint density at radius 2 is 2.29 bits per heavy atom. The van der Waals surface area contributed by atoms with Crippen LogP contribution in [-0.2, 0) is 6.54 Å². The second-order valence-electron chi connectivity index (χ2n) is 3.54. The van der Waals surface area contributed by atoms with Crippen molar-refractivity contribution in [3.05, 3.63) is 24.6 Å². The number of fused-ring (bicyclic) bond motifs is 1. The van der Waals surface area contributed by atoms with Crippen molar-refractivity contribution >= 4 is 17.0 Å². The third kappa shape index (κ3) is 2.23. The zero-order valence-corrected chi connectivity index (χ0v) is 9.04. The van der Waals surface area contributed by atoms with Crippen molar-refractivity contribution in [2.75, 3.05) is 12.3 Å². The first-order valence-corrected chi connectivity index (χ1v) is 5.06. The van der Waals surface area contributed by atoms with E-state index in [9.17, 15) is 4.39 Å². The molecule has 0 spiro atoms. The fourth-order valence-electron chi connectivity index (χ4n) is 1.49. The Morgan fingerprint density at radius 3 is 3.00 bits per heavy atom. The van der Waals surface area contributed by atoms with Crippen LogP contribution in [-0.4, -0.2) is 31.2 Å². The maximum atomic E-state index is 12.3. The third-order valence-corrected chi connectivity index (χ3v) is 2.46. The van der Waals surface area contributed by atoms with E-state index in [2.05, 4.69) is 15.0 Å². The molecule has 0 aliphatic rings. The maximum Gasteiger partial charge on any atom is 0.165 e. The number of aliphatic hydroxyl groups excluding tert-OH is 1. The molecule has 2 aromatic rings. The minimum Gasteiger partial charge on any atom is -0.392 e. The lowest BCUT2D eigenvalue weighted by Crippen LogP contribution is -2.02. The smallest absolute Gasteiger partial charge is 0.165 e. The summed E-state index contributed by atoms with van der Waals surface area (Å²) in [6, 6.07) is 0. The second kappa shape index (κ2) is 4.88. The van der Waals surface area contributed by atoms with Crippen molar-refractivity contribution in [2.45, 2.75) is 13.0 Å². The molecule has 0 bridgehead atoms. The number of anilines is 1. The molecule has 2 aromatic heterocycles. The molecule has 0 saturated carbocycles. The van der Waals surface area contributed by atoms with Crippen LogP contribution in [0.1, 0.15) is 6.42 Å². The topological polar surface area (TPSA) is 89.9 Å². The standard InChI is InChI=1S/C10H12FN5O/c11-3-7(4-17)1-2-16-6-15-8-9(12)13-5-14-10(8)16/h3,5-6,17H,1-2,4H2,(H2,12,13,14)/b7-3-. The number of nitrogens with two attached hydrogens (primary N) is 1. The van der Waals surface area contributed by atoms with Gasteiger partial charge >= 0.3 is 0 Å². The molecule has 0 aliphatic carbocycles. The van der Waals surface area contributed by atoms with Gasteiger partial charge in [0.15, 0.2) is 11.5 Å². The summed E-state index contributed by atoms with van der Waals surface area (Å²) in [7, 11) is 0. The van der Waals surface area contributed by atoms with Crippen LogP contribution in [0.15, 0.2) is 24.6 Å². The molecule has 2 rings (SSSR count). The van der Waals surface area contributed by atoms with Crippen LogP contribution in [0.4, 0.5) is 10.2 Å². The van der Waals surface area contributed by atoms with Crippen molar-refractivity contribution in [3.63, 3.8) is 0 Å². The van der Waals surface area contributed by atoms with Crippen molar-refractivity contribution in [1.29, 1.82) is 0 Å². The predicted octanol–water partition coefficient (Wildman–Crippen LogP) is 0.644. The molecule has 0 saturated heterocycles. The van der Waals surface area contributed by atoms with E-state index >= 15 is 0 Å². The van der Waals surface area contributed by atoms with E-state index in [1.165, 1.54) is 6.33 Å². The molecule has 2 heterocycles. The van der Waals surface area contributed by atoms with Crippen LogP contribution in [0.25, 0.3) is 11.2 Å². The maximum absolute atomic E-state index is 12.3. The summed E-state index contributed by atoms with van der Waals surface area (Å²) in [6.07, 6.45) is 3.74. The van der Waals surface area contributed by atoms with E-state index < -0.39 is 0 Å². The minimum atomic E-state index is -0.291. The Bertz CT molecular complexity index is 551. The summed E-state index contributed by atoms with van der Waals surface area (Å²) in [5.41, 5.74) is 7.10. The fourth-order valence-corrected chi connectivity index (χ4v) is 1.49. The first-order valence-electron chi connectivity index (χ1n) is 5.06. The van der Waals surface area contributed by atoms with Crippen LogP contribution >= 0.6 is 0 Å². The Hall–Kier alpha value is -2.02. The van der Waals surface area contributed by atoms with Gasteiger partial charge in [-0.2, -0.15) is 0 Å². The summed E-state index contributed by atoms with van der Waals surface area (Å²) in [6.45, 7) is 0.184. The molecule has 17 heavy (non-hydrogen) atoms. The minimum absolute atomic E-state index is 0.291. The van der Waals surface area contributed by atoms with Gasteiger partial charge in [-0.3, -0.25) is 0 Å². The number of nitrogens with zero attached hydrogens (tertiary/aromatic N) is 4. The number of hydrogen-bond acceptors (Lipinski definition) is 5. The molecule has 90 valence electrons. The highest BCUT2D eigenvalue weighted by molar-refractivity contribution is 5.81. The van der Waals surface area contributed by atoms with Crippen LogP contribution < -0.4 is 5.73 Å². The van der Waals surface area contributed by atoms with Gasteiger partial charge in [0.05, 0.1) is 19.3 Å². The van der Waals surface area contributed by atoms with Gasteiger partial charge in [0.25, 0.3) is 0 Å². The van der Waals surface area contributed by atoms with Gasteiger partial charge in [0.2, 0.25) is 0 Å². The molecule has 7 heteroatoms. The quantitative estimate of drug-likeness (QED) is 0.814. The van der Waals surface area contributed by atoms with E-state index in [1.807, 2.05) is 0 Å². The van der Waals surface area contributed by atoms with Crippen molar-refractivity contribution in [3.8, 4) is 0 Å². The van der Waals surface area contributed by atoms with Crippen LogP contribution in [0.3, 0.4) is 0 Å². The lowest BCUT2D eigenvalue weighted by Gasteiger charge is -2.04. The molecule has 0 fully saturated rings. The van der Waals surface area contributed by atoms with Gasteiger partial charge in [-0.25, -0.2) is 19.3 Å². The first-order chi connectivity index (χ1) is 8.26. The van der Waals surface area contributed by atoms with Gasteiger partial charge in [-0.15, -0.1) is 0 Å². The average Bonchev–Trinajstić information content (AvgIpc) is 2.75. The van der Waals surface area contributed by atoms with Crippen LogP contribution in [0.5, 0.6) is 0 Å². The zero-order chi connectivity index (χ0) is 12.3. The SMILES string of the molecule is Nc1ncnc2c1ncn2CC/C(=C/F)CO. The molecule has 0 atom stereocenters. The fraction of sp³-hybridized carbons (Fsp3) is 0.300. The summed E-state index contributed by atoms with van der Waals surface area (Å²) < 4.78 is 14.0. The molecule has 0 radical (unpaired) electrons. The number of imidazole rings is 1. The summed E-state index contributed by atoms with van der Waals surface area (Å²) >= 11 is 0. The van der Waals surface area contributed by atoms with Gasteiger partial charge in [-0.1, -0.05) is 0 Å². The molecule has 6 nitrogen and oxygen atoms in total. The van der Waals surface area contributed by atoms with Gasteiger partial charge in [0.1, 0.15) is 11.8 Å². The van der Waals surface area contributed by atoms with E-state index in [0.717, 1.165) is 0 Å². The summed E-state index contributed by atoms with van der Waals surface area (Å²) in [5, 5.41) is 8.83. The highest BCUT2D eigenvalue weighted by Gasteiger charge is 2.07. The average molecular weight is 237 g/mol. The molecular weight excluding hydrogens is 225 g/mol. The lowest BCUT2D eigenvalue weighted by atomic mass is 10.2. The lowest BCUT2D eigenvalue weighted by molar-refractivity contribution is 0.322. The Morgan fingerprint density at radius 1 is 1.47 bits per heavy atom. The molecular formula is C10H12FN5O. The largest absolute Gasteiger partial charge is 0.392 e. The highest BCUT2D eigenvalue weighted by atomic mass is 19.1. The summed E-state index contributed by atoms with van der Waals surface area (Å²) in [4.78, 5) is 12.0. The van der Waals surface area contributed by atoms with E-state index in [-0.39, 0.29) is 6.61 Å². The van der Waals surface area contributed by atoms with Gasteiger partial charge in [0, 0.05) is 6.54 Å². The van der Waals surface area contributed by atoms with E-state index in [1.54, 1.807) is 10.9 Å². The Kier molecular flexibility index (Phi) is 3.29. The molecule has 0 aromatic carbocycles. The number of aliphatic hydroxyl groups is 1. The van der Waals surface area contributed by atoms with Crippen LogP contribution in [0.2, 0.25) is 0 Å². The number of aromatic nitrogens is 4. The van der Waals surface area contributed by atoms with E-state index in [4.69, 9.17) is 10.8 Å². The number of nitrogen functional groups attached to an aromatic ring is 1. The molecule has 3 N–H and O–H groups in total. The highest BCUT2D eigenvalue weighted by Crippen LogP contribution is 2.15. The molecule has 0 amide bonds. The van der Waals surface area contributed by atoms with Crippen LogP contribution in [0, 0.1) is 0 Å². The predicted molar refractivity (Wildman–Crippen MR) is 60.6 cm³/mol. The van der Waals surface area contributed by atoms with Crippen molar-refractivity contribution in [1.82, 2.24) is 19.5 Å². The number of hydrogen-bond donors (Lipinski definition) is 2. The zero-order valence-electron chi connectivity index (χ0n) is 9.04. The third-order valence-electron chi connectivity index (χ3n) is 2.46. The normalized spacial score (nSPS) is 12.2.